The Morgan fingerprint density at radius 2 is 1.57 bits per heavy atom. The molecule has 4 aromatic rings. The molecule has 0 saturated carbocycles. The summed E-state index contributed by atoms with van der Waals surface area (Å²) in [5.74, 6) is 1.49. The molecule has 1 aromatic heterocycles. The Hall–Kier alpha value is -4.80. The number of pyridine rings is 1. The maximum atomic E-state index is 12.4. The van der Waals surface area contributed by atoms with Crippen LogP contribution >= 0.6 is 0 Å². The molecule has 1 saturated heterocycles. The number of rotatable bonds is 10. The first-order valence-corrected chi connectivity index (χ1v) is 14.2. The predicted molar refractivity (Wildman–Crippen MR) is 166 cm³/mol. The normalized spacial score (nSPS) is 16.5. The molecular weight excluding hydrogens is 526 g/mol. The number of aromatic nitrogens is 1. The van der Waals surface area contributed by atoms with Gasteiger partial charge in [-0.2, -0.15) is 0 Å². The van der Waals surface area contributed by atoms with Crippen LogP contribution in [-0.2, 0) is 19.5 Å². The minimum Gasteiger partial charge on any atom is -0.506 e. The molecule has 7 heteroatoms. The van der Waals surface area contributed by atoms with E-state index in [4.69, 9.17) is 6.42 Å². The van der Waals surface area contributed by atoms with E-state index >= 15 is 0 Å². The summed E-state index contributed by atoms with van der Waals surface area (Å²) in [6.07, 6.45) is 6.41. The van der Waals surface area contributed by atoms with Gasteiger partial charge in [-0.25, -0.2) is 4.79 Å². The van der Waals surface area contributed by atoms with E-state index in [1.807, 2.05) is 36.4 Å². The van der Waals surface area contributed by atoms with Gasteiger partial charge in [0.15, 0.2) is 5.56 Å². The van der Waals surface area contributed by atoms with Crippen LogP contribution in [0.25, 0.3) is 11.3 Å². The van der Waals surface area contributed by atoms with Gasteiger partial charge in [0.2, 0.25) is 0 Å². The molecule has 3 aromatic carbocycles. The fraction of sp³-hybridized carbons (Fsp3) is 0.257. The zero-order valence-corrected chi connectivity index (χ0v) is 23.7. The molecule has 0 spiro atoms. The summed E-state index contributed by atoms with van der Waals surface area (Å²) in [5.41, 5.74) is 3.61. The standard InChI is InChI=1S/C35H35N3O4/c1-3-26-22-38(23-28(26)21-37(19-24-11-7-5-8-12-24)20-25-13-9-6-10-14-25)29-17-15-27(16-18-29)32-30(4-2)33(39)31(35(41)42)34(40)36-32/h1,5-18,26,28H,4,19-23H2,2H3,(H,41,42)(H2,36,39,40). The van der Waals surface area contributed by atoms with Crippen molar-refractivity contribution in [3.63, 3.8) is 0 Å². The van der Waals surface area contributed by atoms with Gasteiger partial charge in [0.1, 0.15) is 5.75 Å². The third-order valence-electron chi connectivity index (χ3n) is 8.02. The van der Waals surface area contributed by atoms with Gasteiger partial charge < -0.3 is 20.1 Å². The van der Waals surface area contributed by atoms with Gasteiger partial charge >= 0.3 is 5.97 Å². The maximum absolute atomic E-state index is 12.4. The first-order valence-electron chi connectivity index (χ1n) is 14.2. The predicted octanol–water partition coefficient (Wildman–Crippen LogP) is 5.40. The van der Waals surface area contributed by atoms with Crippen molar-refractivity contribution in [2.24, 2.45) is 11.8 Å². The molecule has 1 aliphatic heterocycles. The number of aromatic amines is 1. The average molecular weight is 562 g/mol. The fourth-order valence-corrected chi connectivity index (χ4v) is 5.91. The van der Waals surface area contributed by atoms with Crippen LogP contribution in [0.2, 0.25) is 0 Å². The van der Waals surface area contributed by atoms with Crippen molar-refractivity contribution in [2.75, 3.05) is 24.5 Å². The molecule has 0 aliphatic carbocycles. The molecule has 1 fully saturated rings. The number of carboxylic acid groups (broad SMARTS) is 1. The van der Waals surface area contributed by atoms with E-state index in [9.17, 15) is 19.8 Å². The van der Waals surface area contributed by atoms with Gasteiger partial charge in [0.05, 0.1) is 5.69 Å². The molecular formula is C35H35N3O4. The van der Waals surface area contributed by atoms with Crippen LogP contribution in [0.3, 0.4) is 0 Å². The number of anilines is 1. The molecule has 5 rings (SSSR count). The Balaban J connectivity index is 1.35. The van der Waals surface area contributed by atoms with Crippen molar-refractivity contribution >= 4 is 11.7 Å². The van der Waals surface area contributed by atoms with Gasteiger partial charge in [-0.1, -0.05) is 79.7 Å². The molecule has 2 heterocycles. The SMILES string of the molecule is C#CC1CN(c2ccc(-c3[nH]c(=O)c(C(=O)O)c(O)c3CC)cc2)CC1CN(Cc1ccccc1)Cc1ccccc1. The molecule has 2 unspecified atom stereocenters. The van der Waals surface area contributed by atoms with Crippen molar-refractivity contribution in [3.8, 4) is 29.4 Å². The Bertz CT molecular complexity index is 1580. The van der Waals surface area contributed by atoms with Crippen molar-refractivity contribution in [3.05, 3.63) is 118 Å². The second-order valence-electron chi connectivity index (χ2n) is 10.8. The number of hydrogen-bond acceptors (Lipinski definition) is 5. The minimum absolute atomic E-state index is 0.0993. The highest BCUT2D eigenvalue weighted by atomic mass is 16.4. The average Bonchev–Trinajstić information content (AvgIpc) is 3.40. The lowest BCUT2D eigenvalue weighted by Crippen LogP contribution is -2.32. The van der Waals surface area contributed by atoms with E-state index in [1.54, 1.807) is 6.92 Å². The molecule has 42 heavy (non-hydrogen) atoms. The van der Waals surface area contributed by atoms with Crippen molar-refractivity contribution < 1.29 is 15.0 Å². The molecule has 0 amide bonds. The highest BCUT2D eigenvalue weighted by Crippen LogP contribution is 2.33. The monoisotopic (exact) mass is 561 g/mol. The van der Waals surface area contributed by atoms with Gasteiger partial charge in [0, 0.05) is 55.8 Å². The van der Waals surface area contributed by atoms with E-state index in [-0.39, 0.29) is 11.8 Å². The smallest absolute Gasteiger partial charge is 0.345 e. The van der Waals surface area contributed by atoms with Crippen LogP contribution in [0.5, 0.6) is 5.75 Å². The van der Waals surface area contributed by atoms with Gasteiger partial charge in [-0.15, -0.1) is 12.3 Å². The third kappa shape index (κ3) is 6.24. The summed E-state index contributed by atoms with van der Waals surface area (Å²) < 4.78 is 0. The number of aromatic carboxylic acids is 1. The lowest BCUT2D eigenvalue weighted by molar-refractivity contribution is 0.0691. The quantitative estimate of drug-likeness (QED) is 0.225. The minimum atomic E-state index is -1.46. The van der Waals surface area contributed by atoms with Crippen LogP contribution in [-0.4, -0.2) is 45.7 Å². The van der Waals surface area contributed by atoms with Crippen LogP contribution < -0.4 is 10.5 Å². The second kappa shape index (κ2) is 12.8. The zero-order valence-electron chi connectivity index (χ0n) is 23.7. The van der Waals surface area contributed by atoms with E-state index in [0.717, 1.165) is 38.4 Å². The number of aromatic hydroxyl groups is 1. The first kappa shape index (κ1) is 28.7. The third-order valence-corrected chi connectivity index (χ3v) is 8.02. The van der Waals surface area contributed by atoms with Crippen LogP contribution in [0.15, 0.2) is 89.7 Å². The van der Waals surface area contributed by atoms with E-state index in [2.05, 4.69) is 69.2 Å². The molecule has 7 nitrogen and oxygen atoms in total. The summed E-state index contributed by atoms with van der Waals surface area (Å²) in [4.78, 5) is 31.3. The molecule has 2 atom stereocenters. The second-order valence-corrected chi connectivity index (χ2v) is 10.8. The molecule has 214 valence electrons. The Morgan fingerprint density at radius 1 is 0.976 bits per heavy atom. The fourth-order valence-electron chi connectivity index (χ4n) is 5.91. The van der Waals surface area contributed by atoms with E-state index in [0.29, 0.717) is 23.2 Å². The number of benzene rings is 3. The zero-order chi connectivity index (χ0) is 29.6. The highest BCUT2D eigenvalue weighted by molar-refractivity contribution is 5.92. The van der Waals surface area contributed by atoms with Crippen LogP contribution in [0.1, 0.15) is 34.0 Å². The summed E-state index contributed by atoms with van der Waals surface area (Å²) >= 11 is 0. The number of carbonyl (C=O) groups is 1. The van der Waals surface area contributed by atoms with Gasteiger partial charge in [-0.05, 0) is 35.2 Å². The number of hydrogen-bond donors (Lipinski definition) is 3. The van der Waals surface area contributed by atoms with E-state index in [1.165, 1.54) is 11.1 Å². The summed E-state index contributed by atoms with van der Waals surface area (Å²) in [6, 6.07) is 28.7. The van der Waals surface area contributed by atoms with Gasteiger partial charge in [0.25, 0.3) is 5.56 Å². The Labute approximate surface area is 246 Å². The van der Waals surface area contributed by atoms with Crippen molar-refractivity contribution in [2.45, 2.75) is 26.4 Å². The topological polar surface area (TPSA) is 96.9 Å². The van der Waals surface area contributed by atoms with Crippen LogP contribution in [0.4, 0.5) is 5.69 Å². The molecule has 3 N–H and O–H groups in total. The summed E-state index contributed by atoms with van der Waals surface area (Å²) in [6.45, 7) is 5.91. The molecule has 0 radical (unpaired) electrons. The molecule has 1 aliphatic rings. The number of carboxylic acids is 1. The van der Waals surface area contributed by atoms with Crippen LogP contribution in [0, 0.1) is 24.2 Å². The van der Waals surface area contributed by atoms with Gasteiger partial charge in [-0.3, -0.25) is 9.69 Å². The number of nitrogens with one attached hydrogen (secondary N) is 1. The maximum Gasteiger partial charge on any atom is 0.345 e. The summed E-state index contributed by atoms with van der Waals surface area (Å²) in [5, 5.41) is 19.9. The number of terminal acetylenes is 1. The largest absolute Gasteiger partial charge is 0.506 e. The first-order chi connectivity index (χ1) is 20.4. The van der Waals surface area contributed by atoms with Crippen molar-refractivity contribution in [1.82, 2.24) is 9.88 Å². The van der Waals surface area contributed by atoms with Crippen molar-refractivity contribution in [1.29, 1.82) is 0 Å². The lowest BCUT2D eigenvalue weighted by Gasteiger charge is -2.27. The van der Waals surface area contributed by atoms with E-state index < -0.39 is 22.8 Å². The molecule has 0 bridgehead atoms. The number of nitrogens with zero attached hydrogens (tertiary/aromatic N) is 2. The Kier molecular flexibility index (Phi) is 8.75. The lowest BCUT2D eigenvalue weighted by atomic mass is 9.96. The highest BCUT2D eigenvalue weighted by Gasteiger charge is 2.33. The Morgan fingerprint density at radius 3 is 2.10 bits per heavy atom. The number of H-pyrrole nitrogens is 1. The summed E-state index contributed by atoms with van der Waals surface area (Å²) in [7, 11) is 0.